The van der Waals surface area contributed by atoms with Crippen LogP contribution >= 0.6 is 0 Å². The smallest absolute Gasteiger partial charge is 0.318 e. The number of benzene rings is 3. The molecule has 10 nitrogen and oxygen atoms in total. The standard InChI is InChI=1S/C24H24N6O4/c1-24(2)21(26-22(31)27-25-15-16-11-13-18(14-12-16)30(33)34)29(23(32)28(24)3)20-10-6-8-17-7-4-5-9-19(17)20/h4-15,21H,1-3H3,(H2,26,27,31)/t21-/m0/s1. The summed E-state index contributed by atoms with van der Waals surface area (Å²) in [5.41, 5.74) is 2.93. The van der Waals surface area contributed by atoms with Crippen LogP contribution in [0.1, 0.15) is 19.4 Å². The number of nitro groups is 1. The Hall–Kier alpha value is -4.47. The highest BCUT2D eigenvalue weighted by Gasteiger charge is 2.51. The lowest BCUT2D eigenvalue weighted by molar-refractivity contribution is -0.384. The molecule has 0 saturated carbocycles. The van der Waals surface area contributed by atoms with Crippen LogP contribution in [0.3, 0.4) is 0 Å². The molecule has 1 fully saturated rings. The molecule has 4 rings (SSSR count). The van der Waals surface area contributed by atoms with Crippen LogP contribution < -0.4 is 15.6 Å². The highest BCUT2D eigenvalue weighted by Crippen LogP contribution is 2.37. The van der Waals surface area contributed by atoms with E-state index in [1.165, 1.54) is 30.5 Å². The molecule has 1 saturated heterocycles. The molecule has 1 aliphatic rings. The number of amides is 4. The first-order valence-corrected chi connectivity index (χ1v) is 10.6. The first kappa shape index (κ1) is 22.7. The number of hydrogen-bond donors (Lipinski definition) is 2. The van der Waals surface area contributed by atoms with E-state index in [9.17, 15) is 19.7 Å². The minimum atomic E-state index is -0.715. The fraction of sp³-hybridized carbons (Fsp3) is 0.208. The molecule has 4 amide bonds. The summed E-state index contributed by atoms with van der Waals surface area (Å²) in [6, 6.07) is 18.4. The van der Waals surface area contributed by atoms with Gasteiger partial charge in [-0.3, -0.25) is 15.0 Å². The van der Waals surface area contributed by atoms with Crippen LogP contribution in [0.4, 0.5) is 21.0 Å². The van der Waals surface area contributed by atoms with Crippen molar-refractivity contribution in [2.45, 2.75) is 25.6 Å². The minimum Gasteiger partial charge on any atom is -0.318 e. The zero-order valence-electron chi connectivity index (χ0n) is 18.9. The second-order valence-corrected chi connectivity index (χ2v) is 8.46. The zero-order valence-corrected chi connectivity index (χ0v) is 18.9. The first-order valence-electron chi connectivity index (χ1n) is 10.6. The predicted octanol–water partition coefficient (Wildman–Crippen LogP) is 4.06. The van der Waals surface area contributed by atoms with Crippen LogP contribution in [0.2, 0.25) is 0 Å². The third-order valence-electron chi connectivity index (χ3n) is 6.06. The summed E-state index contributed by atoms with van der Waals surface area (Å²) in [5.74, 6) is 0. The summed E-state index contributed by atoms with van der Waals surface area (Å²) in [6.07, 6.45) is 0.702. The number of rotatable bonds is 5. The molecule has 0 unspecified atom stereocenters. The van der Waals surface area contributed by atoms with Gasteiger partial charge in [0.05, 0.1) is 22.4 Å². The number of hydrogen-bond acceptors (Lipinski definition) is 5. The number of nitrogens with one attached hydrogen (secondary N) is 2. The van der Waals surface area contributed by atoms with Crippen LogP contribution in [-0.2, 0) is 0 Å². The molecule has 3 aromatic rings. The normalized spacial score (nSPS) is 17.4. The van der Waals surface area contributed by atoms with Gasteiger partial charge in [0.25, 0.3) is 5.69 Å². The van der Waals surface area contributed by atoms with Crippen LogP contribution in [-0.4, -0.2) is 46.9 Å². The number of likely N-dealkylation sites (N-methyl/N-ethyl adjacent to an activating group) is 1. The molecule has 174 valence electrons. The molecule has 0 bridgehead atoms. The average molecular weight is 460 g/mol. The molecule has 0 radical (unpaired) electrons. The van der Waals surface area contributed by atoms with E-state index in [0.29, 0.717) is 11.3 Å². The van der Waals surface area contributed by atoms with Gasteiger partial charge in [-0.25, -0.2) is 15.0 Å². The number of carbonyl (C=O) groups excluding carboxylic acids is 2. The Morgan fingerprint density at radius 3 is 2.47 bits per heavy atom. The van der Waals surface area contributed by atoms with Gasteiger partial charge in [-0.2, -0.15) is 5.10 Å². The van der Waals surface area contributed by atoms with Gasteiger partial charge < -0.3 is 10.2 Å². The maximum Gasteiger partial charge on any atom is 0.336 e. The van der Waals surface area contributed by atoms with Gasteiger partial charge in [0, 0.05) is 24.6 Å². The Bertz CT molecular complexity index is 1280. The molecular formula is C24H24N6O4. The van der Waals surface area contributed by atoms with Gasteiger partial charge in [-0.05, 0) is 43.0 Å². The molecule has 0 spiro atoms. The summed E-state index contributed by atoms with van der Waals surface area (Å²) >= 11 is 0. The van der Waals surface area contributed by atoms with Gasteiger partial charge in [0.15, 0.2) is 0 Å². The van der Waals surface area contributed by atoms with E-state index in [2.05, 4.69) is 15.8 Å². The number of anilines is 1. The summed E-state index contributed by atoms with van der Waals surface area (Å²) in [6.45, 7) is 3.75. The van der Waals surface area contributed by atoms with Crippen LogP contribution in [0.15, 0.2) is 71.8 Å². The highest BCUT2D eigenvalue weighted by atomic mass is 16.6. The van der Waals surface area contributed by atoms with Gasteiger partial charge in [-0.15, -0.1) is 0 Å². The van der Waals surface area contributed by atoms with Crippen molar-refractivity contribution in [3.63, 3.8) is 0 Å². The number of non-ortho nitro benzene ring substituents is 1. The monoisotopic (exact) mass is 460 g/mol. The molecule has 10 heteroatoms. The largest absolute Gasteiger partial charge is 0.336 e. The fourth-order valence-corrected chi connectivity index (χ4v) is 3.92. The molecule has 2 N–H and O–H groups in total. The van der Waals surface area contributed by atoms with E-state index in [-0.39, 0.29) is 11.7 Å². The second kappa shape index (κ2) is 8.81. The molecule has 1 aliphatic heterocycles. The average Bonchev–Trinajstić information content (AvgIpc) is 2.98. The Morgan fingerprint density at radius 1 is 1.09 bits per heavy atom. The van der Waals surface area contributed by atoms with Crippen LogP contribution in [0, 0.1) is 10.1 Å². The number of carbonyl (C=O) groups is 2. The molecular weight excluding hydrogens is 436 g/mol. The van der Waals surface area contributed by atoms with Crippen molar-refractivity contribution in [2.75, 3.05) is 11.9 Å². The number of nitro benzene ring substituents is 1. The van der Waals surface area contributed by atoms with E-state index in [4.69, 9.17) is 0 Å². The number of hydrazone groups is 1. The topological polar surface area (TPSA) is 120 Å². The Morgan fingerprint density at radius 2 is 1.76 bits per heavy atom. The first-order chi connectivity index (χ1) is 16.2. The quantitative estimate of drug-likeness (QED) is 0.339. The highest BCUT2D eigenvalue weighted by molar-refractivity contribution is 6.05. The van der Waals surface area contributed by atoms with Crippen molar-refractivity contribution in [2.24, 2.45) is 5.10 Å². The van der Waals surface area contributed by atoms with Crippen molar-refractivity contribution in [3.05, 3.63) is 82.4 Å². The van der Waals surface area contributed by atoms with E-state index < -0.39 is 22.7 Å². The van der Waals surface area contributed by atoms with E-state index in [1.54, 1.807) is 16.8 Å². The van der Waals surface area contributed by atoms with Crippen molar-refractivity contribution < 1.29 is 14.5 Å². The van der Waals surface area contributed by atoms with Gasteiger partial charge in [-0.1, -0.05) is 36.4 Å². The van der Waals surface area contributed by atoms with Crippen molar-refractivity contribution >= 4 is 40.4 Å². The maximum absolute atomic E-state index is 13.2. The van der Waals surface area contributed by atoms with E-state index in [1.807, 2.05) is 56.3 Å². The number of urea groups is 2. The van der Waals surface area contributed by atoms with Gasteiger partial charge in [0.2, 0.25) is 0 Å². The van der Waals surface area contributed by atoms with Crippen molar-refractivity contribution in [3.8, 4) is 0 Å². The molecule has 0 aromatic heterocycles. The lowest BCUT2D eigenvalue weighted by atomic mass is 10.00. The summed E-state index contributed by atoms with van der Waals surface area (Å²) < 4.78 is 0. The Labute approximate surface area is 196 Å². The molecule has 1 atom stereocenters. The summed E-state index contributed by atoms with van der Waals surface area (Å²) in [5, 5.41) is 19.4. The minimum absolute atomic E-state index is 0.0337. The molecule has 1 heterocycles. The van der Waals surface area contributed by atoms with Gasteiger partial charge >= 0.3 is 12.1 Å². The van der Waals surface area contributed by atoms with E-state index >= 15 is 0 Å². The van der Waals surface area contributed by atoms with Crippen LogP contribution in [0.5, 0.6) is 0 Å². The maximum atomic E-state index is 13.2. The zero-order chi connectivity index (χ0) is 24.5. The summed E-state index contributed by atoms with van der Waals surface area (Å²) in [7, 11) is 1.70. The SMILES string of the molecule is CN1C(=O)N(c2cccc3ccccc23)[C@H](NC(=O)NN=Cc2ccc([N+](=O)[O-])cc2)C1(C)C. The van der Waals surface area contributed by atoms with Crippen molar-refractivity contribution in [1.82, 2.24) is 15.6 Å². The lowest BCUT2D eigenvalue weighted by Gasteiger charge is -2.33. The second-order valence-electron chi connectivity index (χ2n) is 8.46. The molecule has 34 heavy (non-hydrogen) atoms. The Kier molecular flexibility index (Phi) is 5.89. The fourth-order valence-electron chi connectivity index (χ4n) is 3.92. The third kappa shape index (κ3) is 4.13. The summed E-state index contributed by atoms with van der Waals surface area (Å²) in [4.78, 5) is 39.4. The Balaban J connectivity index is 1.55. The lowest BCUT2D eigenvalue weighted by Crippen LogP contribution is -2.57. The van der Waals surface area contributed by atoms with Crippen LogP contribution in [0.25, 0.3) is 10.8 Å². The van der Waals surface area contributed by atoms with E-state index in [0.717, 1.165) is 10.8 Å². The predicted molar refractivity (Wildman–Crippen MR) is 130 cm³/mol. The molecule has 0 aliphatic carbocycles. The third-order valence-corrected chi connectivity index (χ3v) is 6.06. The van der Waals surface area contributed by atoms with Gasteiger partial charge in [0.1, 0.15) is 6.17 Å². The van der Waals surface area contributed by atoms with Crippen molar-refractivity contribution in [1.29, 1.82) is 0 Å². The number of nitrogens with zero attached hydrogens (tertiary/aromatic N) is 4. The number of fused-ring (bicyclic) bond motifs is 1. The molecule has 3 aromatic carbocycles.